The van der Waals surface area contributed by atoms with Gasteiger partial charge in [0.05, 0.1) is 0 Å². The van der Waals surface area contributed by atoms with Crippen LogP contribution in [0, 0.1) is 5.92 Å². The average molecular weight is 318 g/mol. The number of anilines is 2. The van der Waals surface area contributed by atoms with E-state index in [0.29, 0.717) is 18.5 Å². The molecule has 7 heteroatoms. The van der Waals surface area contributed by atoms with Crippen LogP contribution in [0.2, 0.25) is 0 Å². The molecule has 3 amide bonds. The summed E-state index contributed by atoms with van der Waals surface area (Å²) in [4.78, 5) is 37.5. The lowest BCUT2D eigenvalue weighted by Gasteiger charge is -2.21. The number of benzene rings is 1. The molecule has 1 aromatic rings. The topological polar surface area (TPSA) is 90.5 Å². The van der Waals surface area contributed by atoms with E-state index in [2.05, 4.69) is 16.0 Å². The number of amides is 3. The minimum Gasteiger partial charge on any atom is -0.378 e. The van der Waals surface area contributed by atoms with Gasteiger partial charge in [-0.1, -0.05) is 0 Å². The average Bonchev–Trinajstić information content (AvgIpc) is 2.56. The van der Waals surface area contributed by atoms with Gasteiger partial charge in [-0.15, -0.1) is 0 Å². The molecule has 0 radical (unpaired) electrons. The highest BCUT2D eigenvalue weighted by Crippen LogP contribution is 2.15. The highest BCUT2D eigenvalue weighted by atomic mass is 16.2. The van der Waals surface area contributed by atoms with Crippen molar-refractivity contribution in [2.45, 2.75) is 12.8 Å². The van der Waals surface area contributed by atoms with Crippen LogP contribution in [-0.2, 0) is 14.4 Å². The second-order valence-corrected chi connectivity index (χ2v) is 5.74. The standard InChI is InChI=1S/C16H22N4O3/c1-20(2)13-5-3-12(4-6-13)18-15(22)16(23)19-14(21)11-7-9-17-10-8-11/h3-6,11,17H,7-10H2,1-2H3,(H,18,22)(H,19,21,23). The number of piperidine rings is 1. The maximum Gasteiger partial charge on any atom is 0.316 e. The van der Waals surface area contributed by atoms with E-state index in [9.17, 15) is 14.4 Å². The van der Waals surface area contributed by atoms with Crippen LogP contribution < -0.4 is 20.9 Å². The molecule has 0 bridgehead atoms. The quantitative estimate of drug-likeness (QED) is 0.699. The molecule has 1 fully saturated rings. The Labute approximate surface area is 135 Å². The van der Waals surface area contributed by atoms with E-state index in [-0.39, 0.29) is 11.8 Å². The summed E-state index contributed by atoms with van der Waals surface area (Å²) in [6, 6.07) is 7.06. The molecule has 3 N–H and O–H groups in total. The summed E-state index contributed by atoms with van der Waals surface area (Å²) < 4.78 is 0. The van der Waals surface area contributed by atoms with Gasteiger partial charge in [-0.3, -0.25) is 19.7 Å². The molecule has 0 saturated carbocycles. The molecule has 0 unspecified atom stereocenters. The van der Waals surface area contributed by atoms with Crippen LogP contribution >= 0.6 is 0 Å². The Bertz CT molecular complexity index is 577. The molecule has 1 heterocycles. The minimum absolute atomic E-state index is 0.215. The third-order valence-electron chi connectivity index (χ3n) is 3.79. The Morgan fingerprint density at radius 1 is 1.04 bits per heavy atom. The van der Waals surface area contributed by atoms with Gasteiger partial charge in [0.25, 0.3) is 0 Å². The lowest BCUT2D eigenvalue weighted by molar-refractivity contribution is -0.141. The SMILES string of the molecule is CN(C)c1ccc(NC(=O)C(=O)NC(=O)C2CCNCC2)cc1. The first-order valence-corrected chi connectivity index (χ1v) is 7.61. The zero-order chi connectivity index (χ0) is 16.8. The highest BCUT2D eigenvalue weighted by Gasteiger charge is 2.25. The van der Waals surface area contributed by atoms with Gasteiger partial charge in [-0.25, -0.2) is 0 Å². The Kier molecular flexibility index (Phi) is 5.70. The van der Waals surface area contributed by atoms with Crippen LogP contribution in [0.4, 0.5) is 11.4 Å². The number of nitrogens with one attached hydrogen (secondary N) is 3. The summed E-state index contributed by atoms with van der Waals surface area (Å²) in [5, 5.41) is 7.80. The van der Waals surface area contributed by atoms with Crippen LogP contribution in [0.5, 0.6) is 0 Å². The first-order chi connectivity index (χ1) is 11.0. The minimum atomic E-state index is -0.926. The van der Waals surface area contributed by atoms with Crippen molar-refractivity contribution < 1.29 is 14.4 Å². The largest absolute Gasteiger partial charge is 0.378 e. The Morgan fingerprint density at radius 3 is 2.22 bits per heavy atom. The van der Waals surface area contributed by atoms with Crippen molar-refractivity contribution in [2.75, 3.05) is 37.4 Å². The molecule has 2 rings (SSSR count). The van der Waals surface area contributed by atoms with Gasteiger partial charge in [0, 0.05) is 31.4 Å². The Balaban J connectivity index is 1.86. The molecular weight excluding hydrogens is 296 g/mol. The van der Waals surface area contributed by atoms with E-state index < -0.39 is 11.8 Å². The van der Waals surface area contributed by atoms with E-state index in [4.69, 9.17) is 0 Å². The van der Waals surface area contributed by atoms with Gasteiger partial charge in [0.1, 0.15) is 0 Å². The van der Waals surface area contributed by atoms with E-state index in [1.54, 1.807) is 12.1 Å². The van der Waals surface area contributed by atoms with E-state index in [1.807, 2.05) is 31.1 Å². The maximum atomic E-state index is 11.9. The summed E-state index contributed by atoms with van der Waals surface area (Å²) in [6.45, 7) is 1.49. The fraction of sp³-hybridized carbons (Fsp3) is 0.438. The fourth-order valence-corrected chi connectivity index (χ4v) is 2.39. The van der Waals surface area contributed by atoms with Crippen LogP contribution in [0.15, 0.2) is 24.3 Å². The Hall–Kier alpha value is -2.41. The van der Waals surface area contributed by atoms with Gasteiger partial charge < -0.3 is 15.5 Å². The van der Waals surface area contributed by atoms with Gasteiger partial charge >= 0.3 is 11.8 Å². The molecule has 0 aliphatic carbocycles. The number of carbonyl (C=O) groups is 3. The molecule has 7 nitrogen and oxygen atoms in total. The molecule has 1 aliphatic rings. The maximum absolute atomic E-state index is 11.9. The molecular formula is C16H22N4O3. The van der Waals surface area contributed by atoms with Crippen molar-refractivity contribution in [1.82, 2.24) is 10.6 Å². The third kappa shape index (κ3) is 4.79. The van der Waals surface area contributed by atoms with Crippen molar-refractivity contribution in [3.05, 3.63) is 24.3 Å². The van der Waals surface area contributed by atoms with Gasteiger partial charge in [0.2, 0.25) is 5.91 Å². The van der Waals surface area contributed by atoms with Gasteiger partial charge in [0.15, 0.2) is 0 Å². The smallest absolute Gasteiger partial charge is 0.316 e. The van der Waals surface area contributed by atoms with E-state index in [1.165, 1.54) is 0 Å². The summed E-state index contributed by atoms with van der Waals surface area (Å²) in [7, 11) is 3.82. The summed E-state index contributed by atoms with van der Waals surface area (Å²) in [5.74, 6) is -2.36. The Morgan fingerprint density at radius 2 is 1.65 bits per heavy atom. The number of imide groups is 1. The van der Waals surface area contributed by atoms with Crippen LogP contribution in [0.1, 0.15) is 12.8 Å². The predicted molar refractivity (Wildman–Crippen MR) is 88.1 cm³/mol. The number of hydrogen-bond acceptors (Lipinski definition) is 5. The number of rotatable bonds is 3. The molecule has 0 atom stereocenters. The summed E-state index contributed by atoms with van der Waals surface area (Å²) in [6.07, 6.45) is 1.35. The fourth-order valence-electron chi connectivity index (χ4n) is 2.39. The van der Waals surface area contributed by atoms with Crippen LogP contribution in [0.25, 0.3) is 0 Å². The lowest BCUT2D eigenvalue weighted by atomic mass is 9.97. The van der Waals surface area contributed by atoms with Crippen molar-refractivity contribution in [2.24, 2.45) is 5.92 Å². The molecule has 1 aliphatic heterocycles. The monoisotopic (exact) mass is 318 g/mol. The number of hydrogen-bond donors (Lipinski definition) is 3. The summed E-state index contributed by atoms with van der Waals surface area (Å²) >= 11 is 0. The van der Waals surface area contributed by atoms with Gasteiger partial charge in [-0.2, -0.15) is 0 Å². The molecule has 1 aromatic carbocycles. The van der Waals surface area contributed by atoms with Gasteiger partial charge in [-0.05, 0) is 50.2 Å². The van der Waals surface area contributed by atoms with Crippen molar-refractivity contribution in [3.8, 4) is 0 Å². The third-order valence-corrected chi connectivity index (χ3v) is 3.79. The normalized spacial score (nSPS) is 14.9. The molecule has 0 spiro atoms. The lowest BCUT2D eigenvalue weighted by Crippen LogP contribution is -2.44. The van der Waals surface area contributed by atoms with Crippen molar-refractivity contribution in [1.29, 1.82) is 0 Å². The second-order valence-electron chi connectivity index (χ2n) is 5.74. The van der Waals surface area contributed by atoms with Crippen LogP contribution in [0.3, 0.4) is 0 Å². The zero-order valence-corrected chi connectivity index (χ0v) is 13.4. The number of nitrogens with zero attached hydrogens (tertiary/aromatic N) is 1. The van der Waals surface area contributed by atoms with Crippen molar-refractivity contribution >= 4 is 29.1 Å². The second kappa shape index (κ2) is 7.73. The highest BCUT2D eigenvalue weighted by molar-refractivity contribution is 6.41. The predicted octanol–water partition coefficient (Wildman–Crippen LogP) is 0.334. The van der Waals surface area contributed by atoms with E-state index in [0.717, 1.165) is 18.8 Å². The van der Waals surface area contributed by atoms with Crippen molar-refractivity contribution in [3.63, 3.8) is 0 Å². The molecule has 1 saturated heterocycles. The molecule has 0 aromatic heterocycles. The zero-order valence-electron chi connectivity index (χ0n) is 13.4. The summed E-state index contributed by atoms with van der Waals surface area (Å²) in [5.41, 5.74) is 1.48. The number of carbonyl (C=O) groups excluding carboxylic acids is 3. The first kappa shape index (κ1) is 17.0. The molecule has 124 valence electrons. The van der Waals surface area contributed by atoms with E-state index >= 15 is 0 Å². The van der Waals surface area contributed by atoms with Crippen LogP contribution in [-0.4, -0.2) is 44.9 Å². The molecule has 23 heavy (non-hydrogen) atoms. The first-order valence-electron chi connectivity index (χ1n) is 7.61.